The lowest BCUT2D eigenvalue weighted by molar-refractivity contribution is -0.383. The fourth-order valence-electron chi connectivity index (χ4n) is 1.48. The van der Waals surface area contributed by atoms with Gasteiger partial charge in [0.1, 0.15) is 5.69 Å². The number of hydrogen-bond donors (Lipinski definition) is 1. The maximum Gasteiger partial charge on any atom is 0.315 e. The Labute approximate surface area is 98.5 Å². The number of nitrogen functional groups attached to an aromatic ring is 1. The summed E-state index contributed by atoms with van der Waals surface area (Å²) in [4.78, 5) is 21.6. The van der Waals surface area contributed by atoms with Crippen LogP contribution in [0.25, 0.3) is 0 Å². The molecule has 1 rings (SSSR count). The summed E-state index contributed by atoms with van der Waals surface area (Å²) in [5.41, 5.74) is 5.11. The van der Waals surface area contributed by atoms with Crippen molar-refractivity contribution in [3.05, 3.63) is 33.9 Å². The van der Waals surface area contributed by atoms with Crippen LogP contribution in [0, 0.1) is 10.1 Å². The molecule has 92 valence electrons. The van der Waals surface area contributed by atoms with Gasteiger partial charge in [0, 0.05) is 6.07 Å². The molecule has 2 N–H and O–H groups in total. The highest BCUT2D eigenvalue weighted by atomic mass is 16.6. The molecule has 17 heavy (non-hydrogen) atoms. The monoisotopic (exact) mass is 238 g/mol. The summed E-state index contributed by atoms with van der Waals surface area (Å²) in [5, 5.41) is 10.6. The van der Waals surface area contributed by atoms with Gasteiger partial charge in [-0.25, -0.2) is 0 Å². The average molecular weight is 238 g/mol. The van der Waals surface area contributed by atoms with Crippen LogP contribution in [-0.4, -0.2) is 18.0 Å². The summed E-state index contributed by atoms with van der Waals surface area (Å²) in [7, 11) is 1.29. The minimum absolute atomic E-state index is 0.0319. The van der Waals surface area contributed by atoms with Gasteiger partial charge >= 0.3 is 5.97 Å². The van der Waals surface area contributed by atoms with Crippen molar-refractivity contribution >= 4 is 17.3 Å². The molecule has 1 aromatic rings. The molecule has 0 aliphatic rings. The van der Waals surface area contributed by atoms with Crippen LogP contribution in [0.5, 0.6) is 0 Å². The van der Waals surface area contributed by atoms with Crippen LogP contribution in [0.4, 0.5) is 11.4 Å². The van der Waals surface area contributed by atoms with Crippen molar-refractivity contribution < 1.29 is 14.5 Å². The van der Waals surface area contributed by atoms with Gasteiger partial charge in [-0.3, -0.25) is 14.9 Å². The van der Waals surface area contributed by atoms with E-state index in [9.17, 15) is 14.9 Å². The topological polar surface area (TPSA) is 95.5 Å². The summed E-state index contributed by atoms with van der Waals surface area (Å²) in [6, 6.07) is 4.22. The molecule has 0 fully saturated rings. The molecule has 0 spiro atoms. The standard InChI is InChI=1S/C11H14N2O4/c1-11(2,10(14)17-3)7-4-5-9(13(15)16)8(12)6-7/h4-6H,12H2,1-3H3. The second kappa shape index (κ2) is 4.40. The zero-order chi connectivity index (χ0) is 13.2. The van der Waals surface area contributed by atoms with Crippen LogP contribution >= 0.6 is 0 Å². The predicted octanol–water partition coefficient (Wildman–Crippen LogP) is 1.63. The van der Waals surface area contributed by atoms with Crippen LogP contribution in [0.15, 0.2) is 18.2 Å². The number of hydrogen-bond acceptors (Lipinski definition) is 5. The third-order valence-corrected chi connectivity index (χ3v) is 2.64. The number of ether oxygens (including phenoxy) is 1. The third kappa shape index (κ3) is 2.35. The molecule has 0 saturated heterocycles. The zero-order valence-electron chi connectivity index (χ0n) is 9.89. The summed E-state index contributed by atoms with van der Waals surface area (Å²) in [6.45, 7) is 3.33. The zero-order valence-corrected chi connectivity index (χ0v) is 9.89. The molecule has 1 aromatic carbocycles. The third-order valence-electron chi connectivity index (χ3n) is 2.64. The molecule has 0 aliphatic heterocycles. The van der Waals surface area contributed by atoms with Crippen LogP contribution in [-0.2, 0) is 14.9 Å². The number of nitrogens with zero attached hydrogens (tertiary/aromatic N) is 1. The highest BCUT2D eigenvalue weighted by molar-refractivity contribution is 5.83. The van der Waals surface area contributed by atoms with E-state index in [1.807, 2.05) is 0 Å². The molecule has 0 bridgehead atoms. The van der Waals surface area contributed by atoms with Crippen LogP contribution in [0.1, 0.15) is 19.4 Å². The van der Waals surface area contributed by atoms with Gasteiger partial charge in [0.05, 0.1) is 17.4 Å². The van der Waals surface area contributed by atoms with Crippen molar-refractivity contribution in [1.29, 1.82) is 0 Å². The molecule has 6 heteroatoms. The minimum atomic E-state index is -0.891. The van der Waals surface area contributed by atoms with Crippen molar-refractivity contribution in [2.45, 2.75) is 19.3 Å². The Morgan fingerprint density at radius 1 is 1.47 bits per heavy atom. The summed E-state index contributed by atoms with van der Waals surface area (Å²) in [6.07, 6.45) is 0. The van der Waals surface area contributed by atoms with E-state index < -0.39 is 16.3 Å². The van der Waals surface area contributed by atoms with E-state index in [2.05, 4.69) is 4.74 Å². The Kier molecular flexibility index (Phi) is 3.36. The second-order valence-corrected chi connectivity index (χ2v) is 4.15. The van der Waals surface area contributed by atoms with E-state index in [4.69, 9.17) is 5.73 Å². The first-order valence-electron chi connectivity index (χ1n) is 4.93. The SMILES string of the molecule is COC(=O)C(C)(C)c1ccc([N+](=O)[O-])c(N)c1. The number of anilines is 1. The molecular weight excluding hydrogens is 224 g/mol. The van der Waals surface area contributed by atoms with Gasteiger partial charge in [0.2, 0.25) is 0 Å². The number of nitro groups is 1. The van der Waals surface area contributed by atoms with E-state index in [1.54, 1.807) is 13.8 Å². The minimum Gasteiger partial charge on any atom is -0.468 e. The van der Waals surface area contributed by atoms with E-state index >= 15 is 0 Å². The average Bonchev–Trinajstić information content (AvgIpc) is 2.27. The lowest BCUT2D eigenvalue weighted by atomic mass is 9.84. The van der Waals surface area contributed by atoms with Gasteiger partial charge in [-0.2, -0.15) is 0 Å². The largest absolute Gasteiger partial charge is 0.468 e. The number of carbonyl (C=O) groups excluding carboxylic acids is 1. The fraction of sp³-hybridized carbons (Fsp3) is 0.364. The number of rotatable bonds is 3. The van der Waals surface area contributed by atoms with E-state index in [-0.39, 0.29) is 11.4 Å². The summed E-state index contributed by atoms with van der Waals surface area (Å²) in [5.74, 6) is -0.425. The molecule has 0 aliphatic carbocycles. The van der Waals surface area contributed by atoms with Crippen LogP contribution < -0.4 is 5.73 Å². The number of esters is 1. The quantitative estimate of drug-likeness (QED) is 0.373. The van der Waals surface area contributed by atoms with Crippen molar-refractivity contribution in [2.75, 3.05) is 12.8 Å². The van der Waals surface area contributed by atoms with Gasteiger partial charge in [-0.15, -0.1) is 0 Å². The summed E-state index contributed by atoms with van der Waals surface area (Å²) >= 11 is 0. The molecule has 6 nitrogen and oxygen atoms in total. The van der Waals surface area contributed by atoms with Crippen LogP contribution in [0.3, 0.4) is 0 Å². The van der Waals surface area contributed by atoms with Crippen molar-refractivity contribution in [1.82, 2.24) is 0 Å². The fourth-order valence-corrected chi connectivity index (χ4v) is 1.48. The molecule has 0 heterocycles. The number of methoxy groups -OCH3 is 1. The molecule has 0 radical (unpaired) electrons. The van der Waals surface area contributed by atoms with Crippen molar-refractivity contribution in [3.8, 4) is 0 Å². The van der Waals surface area contributed by atoms with Gasteiger partial charge in [0.25, 0.3) is 5.69 Å². The smallest absolute Gasteiger partial charge is 0.315 e. The second-order valence-electron chi connectivity index (χ2n) is 4.15. The lowest BCUT2D eigenvalue weighted by Gasteiger charge is -2.22. The first-order chi connectivity index (χ1) is 7.80. The van der Waals surface area contributed by atoms with Gasteiger partial charge in [-0.1, -0.05) is 6.07 Å². The van der Waals surface area contributed by atoms with E-state index in [1.165, 1.54) is 25.3 Å². The van der Waals surface area contributed by atoms with E-state index in [0.29, 0.717) is 5.56 Å². The molecule has 0 atom stereocenters. The van der Waals surface area contributed by atoms with Gasteiger partial charge < -0.3 is 10.5 Å². The normalized spacial score (nSPS) is 11.0. The first-order valence-corrected chi connectivity index (χ1v) is 4.93. The van der Waals surface area contributed by atoms with E-state index in [0.717, 1.165) is 0 Å². The molecule has 0 amide bonds. The number of nitrogens with two attached hydrogens (primary N) is 1. The number of benzene rings is 1. The number of nitro benzene ring substituents is 1. The van der Waals surface area contributed by atoms with Crippen molar-refractivity contribution in [3.63, 3.8) is 0 Å². The maximum absolute atomic E-state index is 11.6. The Balaban J connectivity index is 3.22. The molecule has 0 saturated carbocycles. The Morgan fingerprint density at radius 3 is 2.47 bits per heavy atom. The maximum atomic E-state index is 11.6. The van der Waals surface area contributed by atoms with Crippen LogP contribution in [0.2, 0.25) is 0 Å². The highest BCUT2D eigenvalue weighted by Crippen LogP contribution is 2.30. The Bertz CT molecular complexity index is 469. The number of carbonyl (C=O) groups is 1. The Hall–Kier alpha value is -2.11. The van der Waals surface area contributed by atoms with Gasteiger partial charge in [0.15, 0.2) is 0 Å². The highest BCUT2D eigenvalue weighted by Gasteiger charge is 2.32. The lowest BCUT2D eigenvalue weighted by Crippen LogP contribution is -2.30. The first kappa shape index (κ1) is 13.0. The summed E-state index contributed by atoms with van der Waals surface area (Å²) < 4.78 is 4.67. The van der Waals surface area contributed by atoms with Gasteiger partial charge in [-0.05, 0) is 25.5 Å². The molecule has 0 unspecified atom stereocenters. The predicted molar refractivity (Wildman–Crippen MR) is 62.6 cm³/mol. The van der Waals surface area contributed by atoms with Crippen molar-refractivity contribution in [2.24, 2.45) is 0 Å². The molecule has 0 aromatic heterocycles. The Morgan fingerprint density at radius 2 is 2.06 bits per heavy atom. The molecular formula is C11H14N2O4.